The Hall–Kier alpha value is -2.24. The highest BCUT2D eigenvalue weighted by Crippen LogP contribution is 2.31. The van der Waals surface area contributed by atoms with Gasteiger partial charge in [0.25, 0.3) is 0 Å². The molecule has 0 N–H and O–H groups in total. The molecule has 2 aromatic rings. The van der Waals surface area contributed by atoms with Gasteiger partial charge in [0.15, 0.2) is 0 Å². The van der Waals surface area contributed by atoms with Crippen molar-refractivity contribution in [2.75, 3.05) is 26.3 Å². The first-order valence-corrected chi connectivity index (χ1v) is 9.46. The number of hydrogen-bond donors (Lipinski definition) is 0. The first-order chi connectivity index (χ1) is 13.2. The second kappa shape index (κ2) is 8.02. The predicted octanol–water partition coefficient (Wildman–Crippen LogP) is 2.98. The van der Waals surface area contributed by atoms with E-state index >= 15 is 0 Å². The van der Waals surface area contributed by atoms with Crippen LogP contribution in [-0.4, -0.2) is 39.6 Å². The van der Waals surface area contributed by atoms with E-state index in [2.05, 4.69) is 9.08 Å². The highest BCUT2D eigenvalue weighted by atomic mass is 32.2. The number of benzene rings is 2. The van der Waals surface area contributed by atoms with Gasteiger partial charge in [0.1, 0.15) is 4.90 Å². The Bertz CT molecular complexity index is 947. The molecule has 1 saturated heterocycles. The summed E-state index contributed by atoms with van der Waals surface area (Å²) in [7, 11) is -4.82. The van der Waals surface area contributed by atoms with Crippen LogP contribution in [0.3, 0.4) is 0 Å². The Morgan fingerprint density at radius 1 is 0.857 bits per heavy atom. The molecule has 0 saturated carbocycles. The molecular formula is C17H14F5NO4S. The van der Waals surface area contributed by atoms with Gasteiger partial charge in [-0.3, -0.25) is 4.90 Å². The molecule has 0 atom stereocenters. The van der Waals surface area contributed by atoms with Crippen LogP contribution in [0.25, 0.3) is 0 Å². The summed E-state index contributed by atoms with van der Waals surface area (Å²) in [6, 6.07) is 5.17. The van der Waals surface area contributed by atoms with E-state index in [1.807, 2.05) is 0 Å². The lowest BCUT2D eigenvalue weighted by Crippen LogP contribution is -2.35. The summed E-state index contributed by atoms with van der Waals surface area (Å²) >= 11 is 0. The molecule has 0 unspecified atom stereocenters. The minimum Gasteiger partial charge on any atom is -0.379 e. The van der Waals surface area contributed by atoms with E-state index in [4.69, 9.17) is 4.74 Å². The van der Waals surface area contributed by atoms with Crippen molar-refractivity contribution >= 4 is 10.1 Å². The molecule has 0 amide bonds. The number of rotatable bonds is 5. The van der Waals surface area contributed by atoms with Crippen LogP contribution in [0, 0.1) is 29.1 Å². The summed E-state index contributed by atoms with van der Waals surface area (Å²) in [6.45, 7) is 3.12. The van der Waals surface area contributed by atoms with Crippen molar-refractivity contribution in [2.45, 2.75) is 11.4 Å². The van der Waals surface area contributed by atoms with Crippen molar-refractivity contribution in [1.29, 1.82) is 0 Å². The first kappa shape index (κ1) is 20.5. The maximum Gasteiger partial charge on any atom is 0.339 e. The first-order valence-electron chi connectivity index (χ1n) is 8.05. The second-order valence-electron chi connectivity index (χ2n) is 5.97. The summed E-state index contributed by atoms with van der Waals surface area (Å²) in [4.78, 5) is 1.58. The monoisotopic (exact) mass is 423 g/mol. The zero-order chi connectivity index (χ0) is 20.5. The van der Waals surface area contributed by atoms with E-state index in [1.54, 1.807) is 0 Å². The SMILES string of the molecule is O=S(=O)(Oc1c(F)c(F)c(F)c(F)c1F)c1ccc(CN2CCOCC2)cc1. The molecule has 1 heterocycles. The molecule has 152 valence electrons. The fourth-order valence-corrected chi connectivity index (χ4v) is 3.53. The topological polar surface area (TPSA) is 55.8 Å². The van der Waals surface area contributed by atoms with Gasteiger partial charge in [-0.15, -0.1) is 0 Å². The van der Waals surface area contributed by atoms with E-state index in [-0.39, 0.29) is 0 Å². The van der Waals surface area contributed by atoms with Crippen LogP contribution < -0.4 is 4.18 Å². The zero-order valence-corrected chi connectivity index (χ0v) is 15.0. The molecule has 0 aliphatic carbocycles. The van der Waals surface area contributed by atoms with Crippen molar-refractivity contribution in [3.05, 3.63) is 58.9 Å². The molecule has 5 nitrogen and oxygen atoms in total. The highest BCUT2D eigenvalue weighted by molar-refractivity contribution is 7.87. The van der Waals surface area contributed by atoms with Crippen molar-refractivity contribution in [1.82, 2.24) is 4.90 Å². The van der Waals surface area contributed by atoms with Crippen LogP contribution >= 0.6 is 0 Å². The smallest absolute Gasteiger partial charge is 0.339 e. The summed E-state index contributed by atoms with van der Waals surface area (Å²) < 4.78 is 101. The molecule has 3 rings (SSSR count). The molecule has 28 heavy (non-hydrogen) atoms. The molecular weight excluding hydrogens is 409 g/mol. The minimum absolute atomic E-state index is 0.498. The van der Waals surface area contributed by atoms with Gasteiger partial charge in [0, 0.05) is 19.6 Å². The van der Waals surface area contributed by atoms with Gasteiger partial charge < -0.3 is 8.92 Å². The van der Waals surface area contributed by atoms with Gasteiger partial charge in [-0.2, -0.15) is 17.2 Å². The maximum atomic E-state index is 13.6. The predicted molar refractivity (Wildman–Crippen MR) is 86.6 cm³/mol. The Morgan fingerprint density at radius 3 is 1.89 bits per heavy atom. The van der Waals surface area contributed by atoms with Crippen molar-refractivity contribution < 1.29 is 39.3 Å². The molecule has 0 radical (unpaired) electrons. The lowest BCUT2D eigenvalue weighted by Gasteiger charge is -2.26. The summed E-state index contributed by atoms with van der Waals surface area (Å²) in [6.07, 6.45) is 0. The van der Waals surface area contributed by atoms with Gasteiger partial charge in [0.2, 0.25) is 34.8 Å². The van der Waals surface area contributed by atoms with E-state index in [0.717, 1.165) is 17.7 Å². The lowest BCUT2D eigenvalue weighted by molar-refractivity contribution is 0.0342. The molecule has 0 bridgehead atoms. The molecule has 0 aromatic heterocycles. The summed E-state index contributed by atoms with van der Waals surface area (Å²) in [5.74, 6) is -13.6. The fraction of sp³-hybridized carbons (Fsp3) is 0.294. The Labute approximate surface area is 157 Å². The Balaban J connectivity index is 1.82. The standard InChI is InChI=1S/C17H14F5NO4S/c18-12-13(19)15(21)17(16(22)14(12)20)27-28(24,25)11-3-1-10(2-4-11)9-23-5-7-26-8-6-23/h1-4H,5-9H2. The summed E-state index contributed by atoms with van der Waals surface area (Å²) in [5.41, 5.74) is 0.761. The van der Waals surface area contributed by atoms with Gasteiger partial charge in [-0.05, 0) is 17.7 Å². The van der Waals surface area contributed by atoms with Crippen molar-refractivity contribution in [3.63, 3.8) is 0 Å². The average molecular weight is 423 g/mol. The van der Waals surface area contributed by atoms with Gasteiger partial charge >= 0.3 is 10.1 Å². The number of halogens is 5. The van der Waals surface area contributed by atoms with E-state index in [1.165, 1.54) is 12.1 Å². The fourth-order valence-electron chi connectivity index (χ4n) is 2.59. The van der Waals surface area contributed by atoms with Crippen LogP contribution in [-0.2, 0) is 21.4 Å². The quantitative estimate of drug-likeness (QED) is 0.320. The third-order valence-corrected chi connectivity index (χ3v) is 5.32. The second-order valence-corrected chi connectivity index (χ2v) is 7.52. The van der Waals surface area contributed by atoms with E-state index in [9.17, 15) is 30.4 Å². The number of nitrogens with zero attached hydrogens (tertiary/aromatic N) is 1. The van der Waals surface area contributed by atoms with E-state index < -0.39 is 49.8 Å². The van der Waals surface area contributed by atoms with Crippen LogP contribution in [0.4, 0.5) is 22.0 Å². The van der Waals surface area contributed by atoms with Crippen LogP contribution in [0.5, 0.6) is 5.75 Å². The average Bonchev–Trinajstić information content (AvgIpc) is 2.69. The largest absolute Gasteiger partial charge is 0.379 e. The van der Waals surface area contributed by atoms with Crippen LogP contribution in [0.1, 0.15) is 5.56 Å². The lowest BCUT2D eigenvalue weighted by atomic mass is 10.2. The Kier molecular flexibility index (Phi) is 5.87. The third-order valence-electron chi connectivity index (χ3n) is 4.08. The molecule has 1 aliphatic heterocycles. The number of morpholine rings is 1. The maximum absolute atomic E-state index is 13.6. The molecule has 1 aliphatic rings. The molecule has 11 heteroatoms. The van der Waals surface area contributed by atoms with Crippen LogP contribution in [0.2, 0.25) is 0 Å². The number of hydrogen-bond acceptors (Lipinski definition) is 5. The highest BCUT2D eigenvalue weighted by Gasteiger charge is 2.31. The summed E-state index contributed by atoms with van der Waals surface area (Å²) in [5, 5.41) is 0. The normalized spacial score (nSPS) is 15.6. The third kappa shape index (κ3) is 4.10. The van der Waals surface area contributed by atoms with E-state index in [0.29, 0.717) is 32.8 Å². The van der Waals surface area contributed by atoms with Gasteiger partial charge in [-0.25, -0.2) is 13.2 Å². The zero-order valence-electron chi connectivity index (χ0n) is 14.2. The molecule has 2 aromatic carbocycles. The molecule has 1 fully saturated rings. The number of ether oxygens (including phenoxy) is 1. The van der Waals surface area contributed by atoms with Crippen LogP contribution in [0.15, 0.2) is 29.2 Å². The minimum atomic E-state index is -4.82. The van der Waals surface area contributed by atoms with Gasteiger partial charge in [0.05, 0.1) is 13.2 Å². The van der Waals surface area contributed by atoms with Crippen molar-refractivity contribution in [2.24, 2.45) is 0 Å². The Morgan fingerprint density at radius 2 is 1.36 bits per heavy atom. The van der Waals surface area contributed by atoms with Crippen molar-refractivity contribution in [3.8, 4) is 5.75 Å². The molecule has 0 spiro atoms. The van der Waals surface area contributed by atoms with Gasteiger partial charge in [-0.1, -0.05) is 12.1 Å².